The van der Waals surface area contributed by atoms with Crippen LogP contribution in [0.15, 0.2) is 35.1 Å². The molecule has 31 heavy (non-hydrogen) atoms. The van der Waals surface area contributed by atoms with E-state index in [0.717, 1.165) is 23.3 Å². The molecule has 0 unspecified atom stereocenters. The molecule has 0 aliphatic carbocycles. The minimum atomic E-state index is -4.51. The molecule has 0 atom stereocenters. The van der Waals surface area contributed by atoms with Crippen LogP contribution in [0.2, 0.25) is 0 Å². The first-order valence-corrected chi connectivity index (χ1v) is 9.39. The fourth-order valence-electron chi connectivity index (χ4n) is 3.72. The van der Waals surface area contributed by atoms with Crippen molar-refractivity contribution in [2.24, 2.45) is 0 Å². The highest BCUT2D eigenvalue weighted by Crippen LogP contribution is 2.40. The summed E-state index contributed by atoms with van der Waals surface area (Å²) in [5, 5.41) is 0.158. The highest BCUT2D eigenvalue weighted by Gasteiger charge is 2.31. The summed E-state index contributed by atoms with van der Waals surface area (Å²) in [7, 11) is 4.51. The average molecular weight is 432 g/mol. The number of alkyl halides is 3. The maximum absolute atomic E-state index is 13.1. The number of aromatic nitrogens is 2. The van der Waals surface area contributed by atoms with E-state index in [0.29, 0.717) is 36.0 Å². The lowest BCUT2D eigenvalue weighted by Crippen LogP contribution is -2.21. The number of allylic oxidation sites excluding steroid dienone is 1. The molecule has 1 aliphatic rings. The Morgan fingerprint density at radius 2 is 1.71 bits per heavy atom. The van der Waals surface area contributed by atoms with Gasteiger partial charge in [-0.15, -0.1) is 0 Å². The molecule has 0 saturated heterocycles. The van der Waals surface area contributed by atoms with Crippen LogP contribution in [0.25, 0.3) is 22.6 Å². The van der Waals surface area contributed by atoms with Gasteiger partial charge in [0.2, 0.25) is 5.75 Å². The fraction of sp³-hybridized carbons (Fsp3) is 0.273. The molecule has 9 heteroatoms. The Hall–Kier alpha value is -3.49. The average Bonchev–Trinajstić information content (AvgIpc) is 3.14. The molecule has 2 heterocycles. The van der Waals surface area contributed by atoms with Crippen molar-refractivity contribution in [2.75, 3.05) is 21.3 Å². The molecule has 0 fully saturated rings. The summed E-state index contributed by atoms with van der Waals surface area (Å²) in [5.41, 5.74) is 0.262. The minimum absolute atomic E-state index is 0.0174. The van der Waals surface area contributed by atoms with Gasteiger partial charge in [-0.25, -0.2) is 4.98 Å². The van der Waals surface area contributed by atoms with Gasteiger partial charge < -0.3 is 14.2 Å². The van der Waals surface area contributed by atoms with E-state index in [9.17, 15) is 18.0 Å². The highest BCUT2D eigenvalue weighted by molar-refractivity contribution is 5.85. The van der Waals surface area contributed by atoms with E-state index >= 15 is 0 Å². The Bertz CT molecular complexity index is 1240. The Balaban J connectivity index is 1.86. The lowest BCUT2D eigenvalue weighted by molar-refractivity contribution is -0.137. The van der Waals surface area contributed by atoms with Crippen LogP contribution in [-0.2, 0) is 12.7 Å². The predicted molar refractivity (Wildman–Crippen MR) is 110 cm³/mol. The number of rotatable bonds is 4. The van der Waals surface area contributed by atoms with E-state index in [1.807, 2.05) is 6.08 Å². The number of nitrogens with zero attached hydrogens (tertiary/aromatic N) is 2. The number of fused-ring (bicyclic) bond motifs is 2. The Kier molecular flexibility index (Phi) is 5.12. The number of benzene rings is 2. The van der Waals surface area contributed by atoms with Gasteiger partial charge in [-0.2, -0.15) is 13.2 Å². The third-order valence-electron chi connectivity index (χ3n) is 5.20. The molecule has 1 aliphatic heterocycles. The van der Waals surface area contributed by atoms with E-state index in [1.165, 1.54) is 32.0 Å². The normalized spacial score (nSPS) is 14.7. The van der Waals surface area contributed by atoms with E-state index in [1.54, 1.807) is 12.1 Å². The Morgan fingerprint density at radius 3 is 2.29 bits per heavy atom. The Morgan fingerprint density at radius 1 is 1.03 bits per heavy atom. The van der Waals surface area contributed by atoms with Gasteiger partial charge in [0.1, 0.15) is 5.82 Å². The van der Waals surface area contributed by atoms with Crippen LogP contribution in [0.4, 0.5) is 13.2 Å². The van der Waals surface area contributed by atoms with Crippen LogP contribution < -0.4 is 19.8 Å². The van der Waals surface area contributed by atoms with Crippen molar-refractivity contribution in [3.8, 4) is 17.2 Å². The highest BCUT2D eigenvalue weighted by atomic mass is 19.4. The summed E-state index contributed by atoms with van der Waals surface area (Å²) >= 11 is 0. The van der Waals surface area contributed by atoms with Gasteiger partial charge in [0.25, 0.3) is 5.56 Å². The zero-order chi connectivity index (χ0) is 22.3. The molecule has 1 aromatic heterocycles. The number of methoxy groups -OCH3 is 3. The fourth-order valence-corrected chi connectivity index (χ4v) is 3.72. The van der Waals surface area contributed by atoms with Crippen LogP contribution in [0.1, 0.15) is 23.4 Å². The molecule has 6 nitrogen and oxygen atoms in total. The van der Waals surface area contributed by atoms with Crippen LogP contribution in [0, 0.1) is 0 Å². The molecule has 0 bridgehead atoms. The minimum Gasteiger partial charge on any atom is -0.493 e. The van der Waals surface area contributed by atoms with Crippen molar-refractivity contribution in [1.29, 1.82) is 0 Å². The van der Waals surface area contributed by atoms with Gasteiger partial charge in [-0.1, -0.05) is 0 Å². The van der Waals surface area contributed by atoms with Crippen LogP contribution in [-0.4, -0.2) is 30.9 Å². The second kappa shape index (κ2) is 7.64. The summed E-state index contributed by atoms with van der Waals surface area (Å²) < 4.78 is 56.8. The lowest BCUT2D eigenvalue weighted by atomic mass is 10.1. The smallest absolute Gasteiger partial charge is 0.416 e. The largest absolute Gasteiger partial charge is 0.493 e. The molecule has 0 saturated carbocycles. The van der Waals surface area contributed by atoms with Crippen LogP contribution in [0.3, 0.4) is 0 Å². The third kappa shape index (κ3) is 3.60. The zero-order valence-corrected chi connectivity index (χ0v) is 17.0. The van der Waals surface area contributed by atoms with Gasteiger partial charge >= 0.3 is 6.18 Å². The van der Waals surface area contributed by atoms with E-state index in [2.05, 4.69) is 4.98 Å². The zero-order valence-electron chi connectivity index (χ0n) is 17.0. The van der Waals surface area contributed by atoms with E-state index in [4.69, 9.17) is 14.2 Å². The molecular weight excluding hydrogens is 413 g/mol. The first-order valence-electron chi connectivity index (χ1n) is 9.39. The summed E-state index contributed by atoms with van der Waals surface area (Å²) in [4.78, 5) is 17.2. The third-order valence-corrected chi connectivity index (χ3v) is 5.20. The molecular formula is C22H19F3N2O4. The number of halogens is 3. The van der Waals surface area contributed by atoms with Crippen molar-refractivity contribution in [2.45, 2.75) is 19.1 Å². The first kappa shape index (κ1) is 20.8. The van der Waals surface area contributed by atoms with Gasteiger partial charge in [0.15, 0.2) is 11.5 Å². The van der Waals surface area contributed by atoms with Crippen molar-refractivity contribution in [3.63, 3.8) is 0 Å². The number of hydrogen-bond acceptors (Lipinski definition) is 5. The first-order chi connectivity index (χ1) is 14.8. The molecule has 162 valence electrons. The quantitative estimate of drug-likeness (QED) is 0.612. The van der Waals surface area contributed by atoms with Crippen LogP contribution in [0.5, 0.6) is 17.2 Å². The Labute approximate surface area is 175 Å². The van der Waals surface area contributed by atoms with Gasteiger partial charge in [-0.3, -0.25) is 9.36 Å². The predicted octanol–water partition coefficient (Wildman–Crippen LogP) is 4.39. The molecule has 4 rings (SSSR count). The summed E-state index contributed by atoms with van der Waals surface area (Å²) in [6.45, 7) is 0.397. The molecule has 0 amide bonds. The van der Waals surface area contributed by atoms with Crippen LogP contribution >= 0.6 is 0 Å². The molecule has 0 spiro atoms. The van der Waals surface area contributed by atoms with E-state index < -0.39 is 11.7 Å². The second-order valence-electron chi connectivity index (χ2n) is 7.00. The molecule has 0 radical (unpaired) electrons. The lowest BCUT2D eigenvalue weighted by Gasteiger charge is -2.13. The summed E-state index contributed by atoms with van der Waals surface area (Å²) in [6.07, 6.45) is -2.18. The topological polar surface area (TPSA) is 62.6 Å². The van der Waals surface area contributed by atoms with Crippen molar-refractivity contribution in [1.82, 2.24) is 9.55 Å². The SMILES string of the molecule is COc1cc(/C=C2\CCn3c2nc2cc(C(F)(F)F)ccc2c3=O)cc(OC)c1OC. The van der Waals surface area contributed by atoms with E-state index in [-0.39, 0.29) is 16.5 Å². The van der Waals surface area contributed by atoms with Gasteiger partial charge in [0.05, 0.1) is 37.8 Å². The van der Waals surface area contributed by atoms with Crippen molar-refractivity contribution < 1.29 is 27.4 Å². The summed E-state index contributed by atoms with van der Waals surface area (Å²) in [5.74, 6) is 1.72. The standard InChI is InChI=1S/C22H19F3N2O4/c1-29-17-9-12(10-18(30-2)19(17)31-3)8-13-6-7-27-20(13)26-16-11-14(22(23,24)25)4-5-15(16)21(27)28/h4-5,8-11H,6-7H2,1-3H3/b13-8+. The maximum Gasteiger partial charge on any atom is 0.416 e. The maximum atomic E-state index is 13.1. The van der Waals surface area contributed by atoms with Crippen molar-refractivity contribution in [3.05, 3.63) is 57.6 Å². The molecule has 0 N–H and O–H groups in total. The van der Waals surface area contributed by atoms with Gasteiger partial charge in [0, 0.05) is 6.54 Å². The summed E-state index contributed by atoms with van der Waals surface area (Å²) in [6, 6.07) is 6.49. The number of hydrogen-bond donors (Lipinski definition) is 0. The monoisotopic (exact) mass is 432 g/mol. The number of ether oxygens (including phenoxy) is 3. The van der Waals surface area contributed by atoms with Crippen molar-refractivity contribution >= 4 is 22.6 Å². The molecule has 3 aromatic rings. The molecule has 2 aromatic carbocycles. The van der Waals surface area contributed by atoms with Gasteiger partial charge in [-0.05, 0) is 54.0 Å². The second-order valence-corrected chi connectivity index (χ2v) is 7.00.